The lowest BCUT2D eigenvalue weighted by molar-refractivity contribution is -0.118. The van der Waals surface area contributed by atoms with Gasteiger partial charge in [0.05, 0.1) is 11.7 Å². The molecule has 94 valence electrons. The summed E-state index contributed by atoms with van der Waals surface area (Å²) in [5.74, 6) is -0.0967. The molecule has 0 aliphatic rings. The Bertz CT molecular complexity index is 453. The molecule has 17 heavy (non-hydrogen) atoms. The molecule has 1 aromatic heterocycles. The highest BCUT2D eigenvalue weighted by atomic mass is 16.2. The summed E-state index contributed by atoms with van der Waals surface area (Å²) >= 11 is 0. The molecule has 1 amide bonds. The quantitative estimate of drug-likeness (QED) is 0.809. The van der Waals surface area contributed by atoms with Gasteiger partial charge in [0.15, 0.2) is 0 Å². The molecule has 0 saturated carbocycles. The molecule has 0 radical (unpaired) electrons. The van der Waals surface area contributed by atoms with Gasteiger partial charge >= 0.3 is 0 Å². The van der Waals surface area contributed by atoms with Gasteiger partial charge in [0.1, 0.15) is 0 Å². The van der Waals surface area contributed by atoms with Crippen molar-refractivity contribution in [3.05, 3.63) is 28.7 Å². The summed E-state index contributed by atoms with van der Waals surface area (Å²) in [6.45, 7) is 3.93. The van der Waals surface area contributed by atoms with Crippen LogP contribution in [0.2, 0.25) is 0 Å². The third-order valence-corrected chi connectivity index (χ3v) is 2.91. The van der Waals surface area contributed by atoms with Crippen LogP contribution in [0.4, 0.5) is 5.69 Å². The van der Waals surface area contributed by atoms with Crippen molar-refractivity contribution >= 4 is 11.6 Å². The summed E-state index contributed by atoms with van der Waals surface area (Å²) in [5, 5.41) is 2.70. The number of nitrogens with two attached hydrogens (primary N) is 1. The van der Waals surface area contributed by atoms with Crippen LogP contribution in [-0.4, -0.2) is 16.5 Å². The SMILES string of the molecule is CCC(C)C(N)C(=O)Nc1ccc(=O)n(C)c1. The van der Waals surface area contributed by atoms with E-state index < -0.39 is 6.04 Å². The second-order valence-electron chi connectivity index (χ2n) is 4.27. The number of rotatable bonds is 4. The maximum Gasteiger partial charge on any atom is 0.250 e. The summed E-state index contributed by atoms with van der Waals surface area (Å²) in [7, 11) is 1.63. The molecular formula is C12H19N3O2. The number of aromatic nitrogens is 1. The monoisotopic (exact) mass is 237 g/mol. The first kappa shape index (κ1) is 13.4. The first-order valence-corrected chi connectivity index (χ1v) is 5.68. The fourth-order valence-electron chi connectivity index (χ4n) is 1.41. The van der Waals surface area contributed by atoms with Crippen molar-refractivity contribution < 1.29 is 4.79 Å². The van der Waals surface area contributed by atoms with Crippen LogP contribution < -0.4 is 16.6 Å². The molecule has 0 aliphatic heterocycles. The fourth-order valence-corrected chi connectivity index (χ4v) is 1.41. The molecule has 0 fully saturated rings. The van der Waals surface area contributed by atoms with Crippen molar-refractivity contribution in [1.82, 2.24) is 4.57 Å². The van der Waals surface area contributed by atoms with Gasteiger partial charge in [-0.3, -0.25) is 9.59 Å². The van der Waals surface area contributed by atoms with Gasteiger partial charge < -0.3 is 15.6 Å². The van der Waals surface area contributed by atoms with E-state index in [0.717, 1.165) is 6.42 Å². The van der Waals surface area contributed by atoms with Gasteiger partial charge in [-0.15, -0.1) is 0 Å². The zero-order valence-corrected chi connectivity index (χ0v) is 10.4. The average Bonchev–Trinajstić information content (AvgIpc) is 2.31. The van der Waals surface area contributed by atoms with E-state index in [1.807, 2.05) is 13.8 Å². The van der Waals surface area contributed by atoms with Crippen LogP contribution in [0.1, 0.15) is 20.3 Å². The molecule has 1 aromatic rings. The van der Waals surface area contributed by atoms with E-state index >= 15 is 0 Å². The van der Waals surface area contributed by atoms with Crippen molar-refractivity contribution in [3.8, 4) is 0 Å². The lowest BCUT2D eigenvalue weighted by Gasteiger charge is -2.17. The van der Waals surface area contributed by atoms with Gasteiger partial charge in [0, 0.05) is 19.3 Å². The van der Waals surface area contributed by atoms with Crippen LogP contribution in [-0.2, 0) is 11.8 Å². The normalized spacial score (nSPS) is 14.1. The minimum Gasteiger partial charge on any atom is -0.323 e. The summed E-state index contributed by atoms with van der Waals surface area (Å²) in [5.41, 5.74) is 6.27. The minimum absolute atomic E-state index is 0.116. The Labute approximate surface area is 101 Å². The Balaban J connectivity index is 2.74. The molecule has 0 aromatic carbocycles. The van der Waals surface area contributed by atoms with E-state index in [1.165, 1.54) is 10.6 Å². The van der Waals surface area contributed by atoms with Crippen molar-refractivity contribution in [2.75, 3.05) is 5.32 Å². The fraction of sp³-hybridized carbons (Fsp3) is 0.500. The number of hydrogen-bond donors (Lipinski definition) is 2. The second kappa shape index (κ2) is 5.63. The molecule has 0 aliphatic carbocycles. The lowest BCUT2D eigenvalue weighted by atomic mass is 9.99. The van der Waals surface area contributed by atoms with E-state index in [4.69, 9.17) is 5.73 Å². The van der Waals surface area contributed by atoms with Crippen LogP contribution in [0, 0.1) is 5.92 Å². The predicted molar refractivity (Wildman–Crippen MR) is 67.7 cm³/mol. The number of nitrogens with zero attached hydrogens (tertiary/aromatic N) is 1. The molecule has 2 atom stereocenters. The maximum absolute atomic E-state index is 11.8. The van der Waals surface area contributed by atoms with Crippen LogP contribution in [0.15, 0.2) is 23.1 Å². The Morgan fingerprint density at radius 3 is 2.71 bits per heavy atom. The van der Waals surface area contributed by atoms with Gasteiger partial charge in [0.25, 0.3) is 0 Å². The molecule has 0 saturated heterocycles. The Hall–Kier alpha value is -1.62. The number of carbonyl (C=O) groups excluding carboxylic acids is 1. The van der Waals surface area contributed by atoms with E-state index in [1.54, 1.807) is 19.3 Å². The zero-order valence-electron chi connectivity index (χ0n) is 10.4. The van der Waals surface area contributed by atoms with Gasteiger partial charge in [0.2, 0.25) is 11.5 Å². The molecule has 5 nitrogen and oxygen atoms in total. The van der Waals surface area contributed by atoms with Crippen molar-refractivity contribution in [2.24, 2.45) is 18.7 Å². The Morgan fingerprint density at radius 1 is 1.53 bits per heavy atom. The first-order chi connectivity index (χ1) is 7.95. The molecule has 2 unspecified atom stereocenters. The van der Waals surface area contributed by atoms with Crippen LogP contribution >= 0.6 is 0 Å². The van der Waals surface area contributed by atoms with Crippen LogP contribution in [0.5, 0.6) is 0 Å². The Morgan fingerprint density at radius 2 is 2.18 bits per heavy atom. The minimum atomic E-state index is -0.530. The van der Waals surface area contributed by atoms with E-state index in [9.17, 15) is 9.59 Å². The number of carbonyl (C=O) groups is 1. The van der Waals surface area contributed by atoms with Crippen LogP contribution in [0.3, 0.4) is 0 Å². The summed E-state index contributed by atoms with van der Waals surface area (Å²) in [4.78, 5) is 23.0. The van der Waals surface area contributed by atoms with E-state index in [2.05, 4.69) is 5.32 Å². The maximum atomic E-state index is 11.8. The zero-order chi connectivity index (χ0) is 13.0. The molecule has 0 spiro atoms. The van der Waals surface area contributed by atoms with Crippen molar-refractivity contribution in [3.63, 3.8) is 0 Å². The van der Waals surface area contributed by atoms with Gasteiger partial charge in [-0.2, -0.15) is 0 Å². The standard InChI is InChI=1S/C12H19N3O2/c1-4-8(2)11(13)12(17)14-9-5-6-10(16)15(3)7-9/h5-8,11H,4,13H2,1-3H3,(H,14,17). The highest BCUT2D eigenvalue weighted by Gasteiger charge is 2.19. The number of aryl methyl sites for hydroxylation is 1. The smallest absolute Gasteiger partial charge is 0.250 e. The first-order valence-electron chi connectivity index (χ1n) is 5.68. The highest BCUT2D eigenvalue weighted by molar-refractivity contribution is 5.94. The predicted octanol–water partition coefficient (Wildman–Crippen LogP) is 0.697. The molecule has 0 bridgehead atoms. The summed E-state index contributed by atoms with van der Waals surface area (Å²) in [6.07, 6.45) is 2.42. The largest absolute Gasteiger partial charge is 0.323 e. The van der Waals surface area contributed by atoms with Gasteiger partial charge in [-0.05, 0) is 12.0 Å². The average molecular weight is 237 g/mol. The topological polar surface area (TPSA) is 77.1 Å². The third kappa shape index (κ3) is 3.42. The number of pyridine rings is 1. The lowest BCUT2D eigenvalue weighted by Crippen LogP contribution is -2.40. The second-order valence-corrected chi connectivity index (χ2v) is 4.27. The molecule has 1 heterocycles. The molecule has 5 heteroatoms. The van der Waals surface area contributed by atoms with Crippen molar-refractivity contribution in [1.29, 1.82) is 0 Å². The number of hydrogen-bond acceptors (Lipinski definition) is 3. The Kier molecular flexibility index (Phi) is 4.45. The number of nitrogens with one attached hydrogen (secondary N) is 1. The van der Waals surface area contributed by atoms with E-state index in [-0.39, 0.29) is 17.4 Å². The van der Waals surface area contributed by atoms with Crippen molar-refractivity contribution in [2.45, 2.75) is 26.3 Å². The molecule has 1 rings (SSSR count). The summed E-state index contributed by atoms with van der Waals surface area (Å²) in [6, 6.07) is 2.45. The van der Waals surface area contributed by atoms with Gasteiger partial charge in [-0.25, -0.2) is 0 Å². The molecule has 3 N–H and O–H groups in total. The van der Waals surface area contributed by atoms with Crippen LogP contribution in [0.25, 0.3) is 0 Å². The van der Waals surface area contributed by atoms with Gasteiger partial charge in [-0.1, -0.05) is 20.3 Å². The van der Waals surface area contributed by atoms with E-state index in [0.29, 0.717) is 5.69 Å². The number of amides is 1. The molecular weight excluding hydrogens is 218 g/mol. The summed E-state index contributed by atoms with van der Waals surface area (Å²) < 4.78 is 1.41. The third-order valence-electron chi connectivity index (χ3n) is 2.91. The number of anilines is 1. The highest BCUT2D eigenvalue weighted by Crippen LogP contribution is 2.09.